The first-order valence-corrected chi connectivity index (χ1v) is 7.66. The predicted molar refractivity (Wildman–Crippen MR) is 76.3 cm³/mol. The van der Waals surface area contributed by atoms with Gasteiger partial charge in [-0.05, 0) is 55.2 Å². The Labute approximate surface area is 120 Å². The number of fused-ring (bicyclic) bond motifs is 2. The summed E-state index contributed by atoms with van der Waals surface area (Å²) in [6.07, 6.45) is 5.63. The van der Waals surface area contributed by atoms with Gasteiger partial charge in [-0.1, -0.05) is 22.4 Å². The first kappa shape index (κ1) is 13.1. The minimum atomic E-state index is -0.393. The second kappa shape index (κ2) is 5.23. The van der Waals surface area contributed by atoms with E-state index < -0.39 is 5.82 Å². The highest BCUT2D eigenvalue weighted by Gasteiger charge is 2.40. The third kappa shape index (κ3) is 2.83. The van der Waals surface area contributed by atoms with Crippen molar-refractivity contribution < 1.29 is 9.18 Å². The van der Waals surface area contributed by atoms with Crippen molar-refractivity contribution in [2.24, 2.45) is 17.8 Å². The normalized spacial score (nSPS) is 28.6. The monoisotopic (exact) mass is 325 g/mol. The lowest BCUT2D eigenvalue weighted by Gasteiger charge is -2.20. The highest BCUT2D eigenvalue weighted by Crippen LogP contribution is 2.49. The Hall–Kier alpha value is -0.900. The molecule has 2 nitrogen and oxygen atoms in total. The lowest BCUT2D eigenvalue weighted by molar-refractivity contribution is -0.117. The molecule has 1 N–H and O–H groups in total. The first-order valence-electron chi connectivity index (χ1n) is 6.86. The zero-order chi connectivity index (χ0) is 13.4. The fourth-order valence-corrected chi connectivity index (χ4v) is 3.99. The van der Waals surface area contributed by atoms with Crippen molar-refractivity contribution in [3.63, 3.8) is 0 Å². The Balaban J connectivity index is 1.59. The Morgan fingerprint density at radius 3 is 2.84 bits per heavy atom. The third-order valence-corrected chi connectivity index (χ3v) is 5.03. The summed E-state index contributed by atoms with van der Waals surface area (Å²) in [6, 6.07) is 4.70. The average molecular weight is 326 g/mol. The molecule has 1 aromatic rings. The number of anilines is 1. The summed E-state index contributed by atoms with van der Waals surface area (Å²) >= 11 is 3.20. The minimum absolute atomic E-state index is 0.0567. The Morgan fingerprint density at radius 2 is 2.21 bits per heavy atom. The number of benzene rings is 1. The summed E-state index contributed by atoms with van der Waals surface area (Å²) in [5.41, 5.74) is 0.274. The second-order valence-electron chi connectivity index (χ2n) is 5.81. The first-order chi connectivity index (χ1) is 9.11. The van der Waals surface area contributed by atoms with E-state index in [9.17, 15) is 9.18 Å². The summed E-state index contributed by atoms with van der Waals surface area (Å²) in [6.45, 7) is 0. The number of amides is 1. The van der Waals surface area contributed by atoms with E-state index in [1.807, 2.05) is 0 Å². The van der Waals surface area contributed by atoms with Crippen LogP contribution < -0.4 is 5.32 Å². The molecule has 0 aliphatic heterocycles. The molecule has 4 heteroatoms. The quantitative estimate of drug-likeness (QED) is 0.879. The van der Waals surface area contributed by atoms with E-state index >= 15 is 0 Å². The van der Waals surface area contributed by atoms with Gasteiger partial charge in [0.15, 0.2) is 0 Å². The van der Waals surface area contributed by atoms with Crippen LogP contribution in [0.1, 0.15) is 32.1 Å². The summed E-state index contributed by atoms with van der Waals surface area (Å²) in [5, 5.41) is 2.69. The maximum Gasteiger partial charge on any atom is 0.224 e. The zero-order valence-corrected chi connectivity index (χ0v) is 12.2. The second-order valence-corrected chi connectivity index (χ2v) is 6.73. The van der Waals surface area contributed by atoms with Crippen molar-refractivity contribution in [1.82, 2.24) is 0 Å². The standard InChI is InChI=1S/C15H17BrFNO/c16-12-3-4-14(13(17)8-12)18-15(19)7-11-6-9-1-2-10(11)5-9/h3-4,8-11H,1-2,5-7H2,(H,18,19)/t9-,10+,11-/m0/s1. The van der Waals surface area contributed by atoms with Crippen LogP contribution in [0, 0.1) is 23.6 Å². The van der Waals surface area contributed by atoms with Gasteiger partial charge < -0.3 is 5.32 Å². The van der Waals surface area contributed by atoms with Crippen molar-refractivity contribution in [2.45, 2.75) is 32.1 Å². The molecular weight excluding hydrogens is 309 g/mol. The van der Waals surface area contributed by atoms with Crippen LogP contribution in [-0.4, -0.2) is 5.91 Å². The van der Waals surface area contributed by atoms with Gasteiger partial charge in [-0.3, -0.25) is 4.79 Å². The maximum absolute atomic E-state index is 13.6. The van der Waals surface area contributed by atoms with Gasteiger partial charge in [-0.15, -0.1) is 0 Å². The smallest absolute Gasteiger partial charge is 0.224 e. The van der Waals surface area contributed by atoms with E-state index in [0.717, 1.165) is 11.8 Å². The zero-order valence-electron chi connectivity index (χ0n) is 10.7. The molecule has 2 aliphatic rings. The molecule has 1 aromatic carbocycles. The van der Waals surface area contributed by atoms with Crippen LogP contribution in [0.15, 0.2) is 22.7 Å². The molecule has 2 aliphatic carbocycles. The van der Waals surface area contributed by atoms with E-state index in [2.05, 4.69) is 21.2 Å². The number of rotatable bonds is 3. The molecule has 0 spiro atoms. The van der Waals surface area contributed by atoms with E-state index in [-0.39, 0.29) is 11.6 Å². The van der Waals surface area contributed by atoms with Gasteiger partial charge in [0, 0.05) is 10.9 Å². The Bertz CT molecular complexity index is 505. The van der Waals surface area contributed by atoms with Gasteiger partial charge in [-0.25, -0.2) is 4.39 Å². The Kier molecular flexibility index (Phi) is 3.61. The molecule has 0 radical (unpaired) electrons. The van der Waals surface area contributed by atoms with Crippen molar-refractivity contribution >= 4 is 27.5 Å². The highest BCUT2D eigenvalue weighted by atomic mass is 79.9. The van der Waals surface area contributed by atoms with Gasteiger partial charge in [-0.2, -0.15) is 0 Å². The summed E-state index contributed by atoms with van der Waals surface area (Å²) in [4.78, 5) is 12.0. The van der Waals surface area contributed by atoms with Crippen LogP contribution in [0.5, 0.6) is 0 Å². The minimum Gasteiger partial charge on any atom is -0.324 e. The van der Waals surface area contributed by atoms with Crippen LogP contribution in [0.3, 0.4) is 0 Å². The average Bonchev–Trinajstić information content (AvgIpc) is 2.95. The van der Waals surface area contributed by atoms with Crippen LogP contribution >= 0.6 is 15.9 Å². The van der Waals surface area contributed by atoms with E-state index in [1.54, 1.807) is 12.1 Å². The van der Waals surface area contributed by atoms with Gasteiger partial charge in [0.25, 0.3) is 0 Å². The van der Waals surface area contributed by atoms with Crippen LogP contribution in [0.2, 0.25) is 0 Å². The lowest BCUT2D eigenvalue weighted by Crippen LogP contribution is -2.20. The number of hydrogen-bond donors (Lipinski definition) is 1. The highest BCUT2D eigenvalue weighted by molar-refractivity contribution is 9.10. The van der Waals surface area contributed by atoms with Crippen LogP contribution in [0.4, 0.5) is 10.1 Å². The van der Waals surface area contributed by atoms with E-state index in [0.29, 0.717) is 16.8 Å². The topological polar surface area (TPSA) is 29.1 Å². The molecule has 0 saturated heterocycles. The molecule has 19 heavy (non-hydrogen) atoms. The lowest BCUT2D eigenvalue weighted by atomic mass is 9.86. The molecule has 0 unspecified atom stereocenters. The summed E-state index contributed by atoms with van der Waals surface area (Å²) in [5.74, 6) is 1.63. The molecule has 3 atom stereocenters. The number of hydrogen-bond acceptors (Lipinski definition) is 1. The number of carbonyl (C=O) groups is 1. The fourth-order valence-electron chi connectivity index (χ4n) is 3.66. The van der Waals surface area contributed by atoms with Crippen molar-refractivity contribution in [1.29, 1.82) is 0 Å². The van der Waals surface area contributed by atoms with Gasteiger partial charge >= 0.3 is 0 Å². The maximum atomic E-state index is 13.6. The predicted octanol–water partition coefficient (Wildman–Crippen LogP) is 4.35. The van der Waals surface area contributed by atoms with Crippen molar-refractivity contribution in [3.8, 4) is 0 Å². The molecule has 1 amide bonds. The van der Waals surface area contributed by atoms with Crippen LogP contribution in [0.25, 0.3) is 0 Å². The molecule has 2 saturated carbocycles. The van der Waals surface area contributed by atoms with Gasteiger partial charge in [0.2, 0.25) is 5.91 Å². The Morgan fingerprint density at radius 1 is 1.37 bits per heavy atom. The molecular formula is C15H17BrFNO. The van der Waals surface area contributed by atoms with E-state index in [4.69, 9.17) is 0 Å². The summed E-state index contributed by atoms with van der Waals surface area (Å²) < 4.78 is 14.3. The molecule has 0 heterocycles. The SMILES string of the molecule is O=C(C[C@@H]1C[C@H]2CC[C@@H]1C2)Nc1ccc(Br)cc1F. The van der Waals surface area contributed by atoms with Crippen molar-refractivity contribution in [3.05, 3.63) is 28.5 Å². The van der Waals surface area contributed by atoms with Gasteiger partial charge in [0.05, 0.1) is 5.69 Å². The summed E-state index contributed by atoms with van der Waals surface area (Å²) in [7, 11) is 0. The fraction of sp³-hybridized carbons (Fsp3) is 0.533. The van der Waals surface area contributed by atoms with Crippen molar-refractivity contribution in [2.75, 3.05) is 5.32 Å². The molecule has 0 aromatic heterocycles. The molecule has 3 rings (SSSR count). The largest absolute Gasteiger partial charge is 0.324 e. The number of halogens is 2. The molecule has 102 valence electrons. The number of carbonyl (C=O) groups excluding carboxylic acids is 1. The number of nitrogens with one attached hydrogen (secondary N) is 1. The molecule has 2 fully saturated rings. The molecule has 2 bridgehead atoms. The van der Waals surface area contributed by atoms with Crippen LogP contribution in [-0.2, 0) is 4.79 Å². The third-order valence-electron chi connectivity index (χ3n) is 4.54. The van der Waals surface area contributed by atoms with Gasteiger partial charge in [0.1, 0.15) is 5.82 Å². The van der Waals surface area contributed by atoms with E-state index in [1.165, 1.54) is 31.7 Å².